The van der Waals surface area contributed by atoms with Crippen LogP contribution in [-0.4, -0.2) is 4.92 Å². The van der Waals surface area contributed by atoms with E-state index in [9.17, 15) is 14.5 Å². The van der Waals surface area contributed by atoms with Gasteiger partial charge in [-0.05, 0) is 18.2 Å². The van der Waals surface area contributed by atoms with E-state index < -0.39 is 10.7 Å². The van der Waals surface area contributed by atoms with Crippen LogP contribution in [0.3, 0.4) is 0 Å². The SMILES string of the molecule is NCc1cccc(F)c1Oc1ccc(Br)cc1[N+](=O)[O-]. The first-order valence-electron chi connectivity index (χ1n) is 5.62. The second-order valence-corrected chi connectivity index (χ2v) is 4.82. The van der Waals surface area contributed by atoms with Crippen LogP contribution in [0.1, 0.15) is 5.56 Å². The van der Waals surface area contributed by atoms with Crippen LogP contribution < -0.4 is 10.5 Å². The summed E-state index contributed by atoms with van der Waals surface area (Å²) in [6, 6.07) is 8.57. The van der Waals surface area contributed by atoms with Gasteiger partial charge in [-0.15, -0.1) is 0 Å². The zero-order valence-electron chi connectivity index (χ0n) is 10.2. The summed E-state index contributed by atoms with van der Waals surface area (Å²) in [4.78, 5) is 10.4. The Balaban J connectivity index is 2.48. The molecule has 0 saturated carbocycles. The second kappa shape index (κ2) is 5.98. The van der Waals surface area contributed by atoms with Gasteiger partial charge < -0.3 is 10.5 Å². The lowest BCUT2D eigenvalue weighted by Gasteiger charge is -2.11. The molecule has 0 heterocycles. The zero-order valence-corrected chi connectivity index (χ0v) is 11.8. The van der Waals surface area contributed by atoms with Gasteiger partial charge in [-0.2, -0.15) is 0 Å². The van der Waals surface area contributed by atoms with E-state index >= 15 is 0 Å². The molecule has 2 rings (SSSR count). The van der Waals surface area contributed by atoms with Gasteiger partial charge in [-0.3, -0.25) is 10.1 Å². The third-order valence-corrected chi connectivity index (χ3v) is 3.09. The van der Waals surface area contributed by atoms with Gasteiger partial charge in [0.25, 0.3) is 0 Å². The molecule has 0 saturated heterocycles. The Morgan fingerprint density at radius 2 is 2.10 bits per heavy atom. The third kappa shape index (κ3) is 2.94. The van der Waals surface area contributed by atoms with Gasteiger partial charge in [0.1, 0.15) is 0 Å². The van der Waals surface area contributed by atoms with E-state index in [0.29, 0.717) is 10.0 Å². The number of hydrogen-bond acceptors (Lipinski definition) is 4. The summed E-state index contributed by atoms with van der Waals surface area (Å²) in [5.41, 5.74) is 5.68. The van der Waals surface area contributed by atoms with Gasteiger partial charge in [0.2, 0.25) is 5.75 Å². The van der Waals surface area contributed by atoms with Crippen molar-refractivity contribution in [2.24, 2.45) is 5.73 Å². The van der Waals surface area contributed by atoms with Gasteiger partial charge in [0.05, 0.1) is 4.92 Å². The highest BCUT2D eigenvalue weighted by Crippen LogP contribution is 2.36. The Morgan fingerprint density at radius 1 is 1.35 bits per heavy atom. The van der Waals surface area contributed by atoms with Gasteiger partial charge in [-0.25, -0.2) is 4.39 Å². The molecule has 0 aliphatic heterocycles. The first kappa shape index (κ1) is 14.4. The van der Waals surface area contributed by atoms with Gasteiger partial charge in [0, 0.05) is 22.6 Å². The number of nitrogens with two attached hydrogens (primary N) is 1. The molecular formula is C13H10BrFN2O3. The van der Waals surface area contributed by atoms with Crippen LogP contribution in [0.25, 0.3) is 0 Å². The molecule has 0 unspecified atom stereocenters. The van der Waals surface area contributed by atoms with E-state index in [4.69, 9.17) is 10.5 Å². The maximum atomic E-state index is 13.8. The number of nitro benzene ring substituents is 1. The lowest BCUT2D eigenvalue weighted by molar-refractivity contribution is -0.385. The van der Waals surface area contributed by atoms with E-state index in [1.165, 1.54) is 24.3 Å². The minimum absolute atomic E-state index is 0.0435. The lowest BCUT2D eigenvalue weighted by atomic mass is 10.2. The Bertz CT molecular complexity index is 664. The number of ether oxygens (including phenoxy) is 1. The van der Waals surface area contributed by atoms with Gasteiger partial charge in [-0.1, -0.05) is 28.1 Å². The topological polar surface area (TPSA) is 78.4 Å². The molecule has 0 aliphatic carbocycles. The normalized spacial score (nSPS) is 10.3. The molecule has 104 valence electrons. The fourth-order valence-corrected chi connectivity index (χ4v) is 2.01. The molecule has 0 spiro atoms. The van der Waals surface area contributed by atoms with Crippen LogP contribution in [0.4, 0.5) is 10.1 Å². The molecule has 20 heavy (non-hydrogen) atoms. The molecule has 0 fully saturated rings. The molecule has 0 amide bonds. The first-order valence-corrected chi connectivity index (χ1v) is 6.41. The van der Waals surface area contributed by atoms with Crippen LogP contribution in [-0.2, 0) is 6.54 Å². The molecule has 2 aromatic rings. The molecule has 0 aliphatic rings. The molecule has 2 N–H and O–H groups in total. The monoisotopic (exact) mass is 340 g/mol. The largest absolute Gasteiger partial charge is 0.447 e. The summed E-state index contributed by atoms with van der Waals surface area (Å²) in [6.07, 6.45) is 0. The highest BCUT2D eigenvalue weighted by molar-refractivity contribution is 9.10. The third-order valence-electron chi connectivity index (χ3n) is 2.60. The minimum Gasteiger partial charge on any atom is -0.447 e. The van der Waals surface area contributed by atoms with Gasteiger partial charge in [0.15, 0.2) is 11.6 Å². The number of para-hydroxylation sites is 1. The number of halogens is 2. The van der Waals surface area contributed by atoms with Crippen molar-refractivity contribution in [2.45, 2.75) is 6.54 Å². The molecular weight excluding hydrogens is 331 g/mol. The quantitative estimate of drug-likeness (QED) is 0.679. The predicted molar refractivity (Wildman–Crippen MR) is 75.2 cm³/mol. The van der Waals surface area contributed by atoms with Crippen LogP contribution in [0, 0.1) is 15.9 Å². The van der Waals surface area contributed by atoms with E-state index in [2.05, 4.69) is 15.9 Å². The van der Waals surface area contributed by atoms with Crippen molar-refractivity contribution in [3.63, 3.8) is 0 Å². The van der Waals surface area contributed by atoms with Crippen molar-refractivity contribution in [3.05, 3.63) is 62.4 Å². The molecule has 0 atom stereocenters. The summed E-state index contributed by atoms with van der Waals surface area (Å²) in [5.74, 6) is -0.761. The molecule has 0 radical (unpaired) electrons. The Morgan fingerprint density at radius 3 is 2.75 bits per heavy atom. The summed E-state index contributed by atoms with van der Waals surface area (Å²) in [6.45, 7) is 0.0669. The van der Waals surface area contributed by atoms with Crippen molar-refractivity contribution >= 4 is 21.6 Å². The summed E-state index contributed by atoms with van der Waals surface area (Å²) >= 11 is 3.14. The Hall–Kier alpha value is -1.99. The highest BCUT2D eigenvalue weighted by atomic mass is 79.9. The van der Waals surface area contributed by atoms with Crippen molar-refractivity contribution in [3.8, 4) is 11.5 Å². The van der Waals surface area contributed by atoms with Crippen LogP contribution in [0.5, 0.6) is 11.5 Å². The van der Waals surface area contributed by atoms with E-state index in [0.717, 1.165) is 0 Å². The standard InChI is InChI=1S/C13H10BrFN2O3/c14-9-4-5-12(11(6-9)17(18)19)20-13-8(7-16)2-1-3-10(13)15/h1-6H,7,16H2. The van der Waals surface area contributed by atoms with Crippen molar-refractivity contribution in [2.75, 3.05) is 0 Å². The average Bonchev–Trinajstić information content (AvgIpc) is 2.42. The lowest BCUT2D eigenvalue weighted by Crippen LogP contribution is -2.02. The number of benzene rings is 2. The number of nitro groups is 1. The fraction of sp³-hybridized carbons (Fsp3) is 0.0769. The Kier molecular flexibility index (Phi) is 4.31. The number of nitrogens with zero attached hydrogens (tertiary/aromatic N) is 1. The van der Waals surface area contributed by atoms with E-state index in [1.807, 2.05) is 0 Å². The maximum absolute atomic E-state index is 13.8. The van der Waals surface area contributed by atoms with Crippen molar-refractivity contribution < 1.29 is 14.1 Å². The summed E-state index contributed by atoms with van der Waals surface area (Å²) in [7, 11) is 0. The molecule has 7 heteroatoms. The number of rotatable bonds is 4. The molecule has 0 aromatic heterocycles. The Labute approximate surface area is 122 Å². The van der Waals surface area contributed by atoms with Gasteiger partial charge >= 0.3 is 5.69 Å². The number of hydrogen-bond donors (Lipinski definition) is 1. The zero-order chi connectivity index (χ0) is 14.7. The molecule has 5 nitrogen and oxygen atoms in total. The van der Waals surface area contributed by atoms with Crippen molar-refractivity contribution in [1.29, 1.82) is 0 Å². The van der Waals surface area contributed by atoms with Crippen LogP contribution >= 0.6 is 15.9 Å². The predicted octanol–water partition coefficient (Wildman–Crippen LogP) is 3.75. The average molecular weight is 341 g/mol. The first-order chi connectivity index (χ1) is 9.52. The fourth-order valence-electron chi connectivity index (χ4n) is 1.66. The molecule has 0 bridgehead atoms. The maximum Gasteiger partial charge on any atom is 0.312 e. The van der Waals surface area contributed by atoms with Crippen LogP contribution in [0.2, 0.25) is 0 Å². The molecule has 2 aromatic carbocycles. The van der Waals surface area contributed by atoms with Crippen molar-refractivity contribution in [1.82, 2.24) is 0 Å². The summed E-state index contributed by atoms with van der Waals surface area (Å²) < 4.78 is 19.7. The smallest absolute Gasteiger partial charge is 0.312 e. The van der Waals surface area contributed by atoms with E-state index in [1.54, 1.807) is 12.1 Å². The summed E-state index contributed by atoms with van der Waals surface area (Å²) in [5, 5.41) is 11.0. The second-order valence-electron chi connectivity index (χ2n) is 3.90. The van der Waals surface area contributed by atoms with Crippen LogP contribution in [0.15, 0.2) is 40.9 Å². The highest BCUT2D eigenvalue weighted by Gasteiger charge is 2.19. The van der Waals surface area contributed by atoms with E-state index in [-0.39, 0.29) is 23.7 Å². The minimum atomic E-state index is -0.620.